The average Bonchev–Trinajstić information content (AvgIpc) is 2.18. The van der Waals surface area contributed by atoms with Crippen LogP contribution < -0.4 is 5.32 Å². The van der Waals surface area contributed by atoms with Gasteiger partial charge in [-0.05, 0) is 27.9 Å². The molecule has 1 aliphatic heterocycles. The molecule has 0 aliphatic carbocycles. The van der Waals surface area contributed by atoms with Crippen LogP contribution in [0.25, 0.3) is 0 Å². The summed E-state index contributed by atoms with van der Waals surface area (Å²) in [6.45, 7) is 7.42. The first kappa shape index (κ1) is 12.4. The van der Waals surface area contributed by atoms with Gasteiger partial charge in [-0.15, -0.1) is 0 Å². The van der Waals surface area contributed by atoms with Crippen LogP contribution in [0, 0.1) is 11.3 Å². The van der Waals surface area contributed by atoms with Gasteiger partial charge in [-0.1, -0.05) is 0 Å². The molecule has 1 atom stereocenters. The Labute approximate surface area is 92.8 Å². The first-order valence-electron chi connectivity index (χ1n) is 5.52. The van der Waals surface area contributed by atoms with E-state index in [4.69, 9.17) is 5.26 Å². The van der Waals surface area contributed by atoms with Crippen molar-refractivity contribution in [1.29, 1.82) is 5.26 Å². The van der Waals surface area contributed by atoms with E-state index in [1.165, 1.54) is 0 Å². The highest BCUT2D eigenvalue weighted by atomic mass is 15.4. The van der Waals surface area contributed by atoms with E-state index in [9.17, 15) is 0 Å². The monoisotopic (exact) mass is 210 g/mol. The summed E-state index contributed by atoms with van der Waals surface area (Å²) >= 11 is 0. The molecule has 0 aromatic heterocycles. The summed E-state index contributed by atoms with van der Waals surface area (Å²) in [5.41, 5.74) is -0.0250. The Morgan fingerprint density at radius 3 is 2.67 bits per heavy atom. The van der Waals surface area contributed by atoms with Gasteiger partial charge in [0, 0.05) is 25.7 Å². The highest BCUT2D eigenvalue weighted by Crippen LogP contribution is 2.20. The molecule has 1 aliphatic rings. The van der Waals surface area contributed by atoms with Gasteiger partial charge in [-0.2, -0.15) is 5.26 Å². The van der Waals surface area contributed by atoms with E-state index in [-0.39, 0.29) is 5.66 Å². The Morgan fingerprint density at radius 2 is 2.13 bits per heavy atom. The van der Waals surface area contributed by atoms with E-state index in [1.807, 2.05) is 7.05 Å². The fourth-order valence-electron chi connectivity index (χ4n) is 2.17. The normalized spacial score (nSPS) is 25.1. The zero-order valence-electron chi connectivity index (χ0n) is 10.2. The van der Waals surface area contributed by atoms with Crippen molar-refractivity contribution >= 4 is 0 Å². The van der Waals surface area contributed by atoms with E-state index in [1.54, 1.807) is 0 Å². The number of nitriles is 1. The Morgan fingerprint density at radius 1 is 1.47 bits per heavy atom. The van der Waals surface area contributed by atoms with Crippen LogP contribution in [0.2, 0.25) is 0 Å². The lowest BCUT2D eigenvalue weighted by Gasteiger charge is -2.47. The molecular weight excluding hydrogens is 188 g/mol. The van der Waals surface area contributed by atoms with Crippen molar-refractivity contribution in [2.45, 2.75) is 32.0 Å². The summed E-state index contributed by atoms with van der Waals surface area (Å²) in [7, 11) is 4.09. The first-order valence-corrected chi connectivity index (χ1v) is 5.52. The summed E-state index contributed by atoms with van der Waals surface area (Å²) in [6.07, 6.45) is 0.607. The van der Waals surface area contributed by atoms with Crippen molar-refractivity contribution in [2.75, 3.05) is 33.7 Å². The van der Waals surface area contributed by atoms with E-state index < -0.39 is 0 Å². The maximum Gasteiger partial charge on any atom is 0.0655 e. The van der Waals surface area contributed by atoms with Crippen molar-refractivity contribution in [1.82, 2.24) is 15.1 Å². The minimum atomic E-state index is -0.0250. The molecule has 4 nitrogen and oxygen atoms in total. The van der Waals surface area contributed by atoms with E-state index >= 15 is 0 Å². The number of nitrogens with zero attached hydrogens (tertiary/aromatic N) is 3. The van der Waals surface area contributed by atoms with Crippen LogP contribution in [0.15, 0.2) is 0 Å². The molecule has 0 aromatic rings. The van der Waals surface area contributed by atoms with Crippen molar-refractivity contribution in [3.8, 4) is 6.07 Å². The quantitative estimate of drug-likeness (QED) is 0.735. The second-order valence-electron chi connectivity index (χ2n) is 4.78. The topological polar surface area (TPSA) is 42.3 Å². The smallest absolute Gasteiger partial charge is 0.0655 e. The molecule has 0 unspecified atom stereocenters. The fourth-order valence-corrected chi connectivity index (χ4v) is 2.17. The third-order valence-electron chi connectivity index (χ3n) is 3.34. The predicted molar refractivity (Wildman–Crippen MR) is 61.4 cm³/mol. The van der Waals surface area contributed by atoms with Crippen molar-refractivity contribution in [3.05, 3.63) is 0 Å². The molecule has 4 heteroatoms. The Balaban J connectivity index is 2.73. The van der Waals surface area contributed by atoms with Gasteiger partial charge in [0.2, 0.25) is 0 Å². The van der Waals surface area contributed by atoms with E-state index in [0.29, 0.717) is 12.5 Å². The second-order valence-corrected chi connectivity index (χ2v) is 4.78. The van der Waals surface area contributed by atoms with Crippen molar-refractivity contribution in [3.63, 3.8) is 0 Å². The summed E-state index contributed by atoms with van der Waals surface area (Å²) in [6, 6.07) is 2.63. The Bertz CT molecular complexity index is 243. The Kier molecular flexibility index (Phi) is 4.09. The third kappa shape index (κ3) is 2.91. The van der Waals surface area contributed by atoms with Crippen LogP contribution in [0.3, 0.4) is 0 Å². The van der Waals surface area contributed by atoms with Crippen LogP contribution in [-0.4, -0.2) is 55.2 Å². The molecule has 1 heterocycles. The van der Waals surface area contributed by atoms with Crippen molar-refractivity contribution in [2.24, 2.45) is 0 Å². The molecular formula is C11H22N4. The van der Waals surface area contributed by atoms with Gasteiger partial charge in [0.15, 0.2) is 0 Å². The lowest BCUT2D eigenvalue weighted by molar-refractivity contribution is -0.00205. The van der Waals surface area contributed by atoms with E-state index in [2.05, 4.69) is 42.1 Å². The largest absolute Gasteiger partial charge is 0.304 e. The van der Waals surface area contributed by atoms with Gasteiger partial charge in [0.25, 0.3) is 0 Å². The number of rotatable bonds is 3. The van der Waals surface area contributed by atoms with Gasteiger partial charge in [0.05, 0.1) is 18.2 Å². The molecule has 0 spiro atoms. The van der Waals surface area contributed by atoms with Crippen LogP contribution in [0.5, 0.6) is 0 Å². The molecule has 0 radical (unpaired) electrons. The number of piperazine rings is 1. The maximum absolute atomic E-state index is 8.85. The number of nitrogens with one attached hydrogen (secondary N) is 1. The molecule has 0 bridgehead atoms. The standard InChI is InChI=1S/C11H22N4/c1-11(2,13-3)15-8-7-14(4)9-10(15)5-6-12/h10,13H,5,7-9H2,1-4H3/t10-/m0/s1. The van der Waals surface area contributed by atoms with Crippen LogP contribution in [0.1, 0.15) is 20.3 Å². The van der Waals surface area contributed by atoms with Gasteiger partial charge in [-0.25, -0.2) is 0 Å². The van der Waals surface area contributed by atoms with Gasteiger partial charge < -0.3 is 10.2 Å². The minimum Gasteiger partial charge on any atom is -0.304 e. The molecule has 1 saturated heterocycles. The summed E-state index contributed by atoms with van der Waals surface area (Å²) < 4.78 is 0. The number of hydrogen-bond acceptors (Lipinski definition) is 4. The van der Waals surface area contributed by atoms with Crippen LogP contribution in [-0.2, 0) is 0 Å². The molecule has 0 amide bonds. The number of likely N-dealkylation sites (N-methyl/N-ethyl adjacent to an activating group) is 1. The molecule has 0 aromatic carbocycles. The summed E-state index contributed by atoms with van der Waals surface area (Å²) in [4.78, 5) is 4.69. The Hall–Kier alpha value is -0.630. The second kappa shape index (κ2) is 4.93. The fraction of sp³-hybridized carbons (Fsp3) is 0.909. The lowest BCUT2D eigenvalue weighted by atomic mass is 10.0. The third-order valence-corrected chi connectivity index (χ3v) is 3.34. The van der Waals surface area contributed by atoms with E-state index in [0.717, 1.165) is 19.6 Å². The van der Waals surface area contributed by atoms with Gasteiger partial charge in [-0.3, -0.25) is 4.90 Å². The van der Waals surface area contributed by atoms with Crippen LogP contribution >= 0.6 is 0 Å². The van der Waals surface area contributed by atoms with Gasteiger partial charge >= 0.3 is 0 Å². The molecule has 1 fully saturated rings. The summed E-state index contributed by atoms with van der Waals surface area (Å²) in [5.74, 6) is 0. The first-order chi connectivity index (χ1) is 7.01. The maximum atomic E-state index is 8.85. The minimum absolute atomic E-state index is 0.0250. The number of hydrogen-bond donors (Lipinski definition) is 1. The zero-order chi connectivity index (χ0) is 11.5. The average molecular weight is 210 g/mol. The molecule has 1 rings (SSSR count). The summed E-state index contributed by atoms with van der Waals surface area (Å²) in [5, 5.41) is 12.2. The van der Waals surface area contributed by atoms with Gasteiger partial charge in [0.1, 0.15) is 0 Å². The SMILES string of the molecule is CNC(C)(C)N1CCN(C)C[C@@H]1CC#N. The molecule has 86 valence electrons. The molecule has 15 heavy (non-hydrogen) atoms. The highest BCUT2D eigenvalue weighted by molar-refractivity contribution is 4.93. The predicted octanol–water partition coefficient (Wildman–Crippen LogP) is 0.472. The van der Waals surface area contributed by atoms with Crippen molar-refractivity contribution < 1.29 is 0 Å². The molecule has 1 N–H and O–H groups in total. The lowest BCUT2D eigenvalue weighted by Crippen LogP contribution is -2.63. The molecule has 0 saturated carbocycles. The highest BCUT2D eigenvalue weighted by Gasteiger charge is 2.34. The zero-order valence-corrected chi connectivity index (χ0v) is 10.2. The van der Waals surface area contributed by atoms with Crippen LogP contribution in [0.4, 0.5) is 0 Å².